The lowest BCUT2D eigenvalue weighted by Crippen LogP contribution is -2.41. The summed E-state index contributed by atoms with van der Waals surface area (Å²) in [5.41, 5.74) is -1.40. The van der Waals surface area contributed by atoms with Gasteiger partial charge in [0, 0.05) is 5.41 Å². The van der Waals surface area contributed by atoms with Gasteiger partial charge in [0.05, 0.1) is 17.8 Å². The van der Waals surface area contributed by atoms with Gasteiger partial charge in [-0.1, -0.05) is 32.9 Å². The van der Waals surface area contributed by atoms with E-state index in [1.165, 1.54) is 0 Å². The van der Waals surface area contributed by atoms with E-state index in [1.54, 1.807) is 6.92 Å². The average molecular weight is 256 g/mol. The Labute approximate surface area is 111 Å². The molecule has 1 aliphatic carbocycles. The molecule has 106 valence electrons. The third-order valence-electron chi connectivity index (χ3n) is 4.25. The van der Waals surface area contributed by atoms with E-state index in [2.05, 4.69) is 19.1 Å². The van der Waals surface area contributed by atoms with Crippen molar-refractivity contribution in [3.05, 3.63) is 12.2 Å². The van der Waals surface area contributed by atoms with Crippen molar-refractivity contribution in [3.8, 4) is 0 Å². The van der Waals surface area contributed by atoms with E-state index in [4.69, 9.17) is 0 Å². The Kier molecular flexibility index (Phi) is 4.98. The Morgan fingerprint density at radius 2 is 1.61 bits per heavy atom. The molecule has 0 amide bonds. The van der Waals surface area contributed by atoms with Gasteiger partial charge in [-0.15, -0.1) is 0 Å². The first-order valence-electron chi connectivity index (χ1n) is 6.93. The molecule has 1 rings (SSSR count). The lowest BCUT2D eigenvalue weighted by atomic mass is 9.81. The van der Waals surface area contributed by atoms with Crippen LogP contribution >= 0.6 is 0 Å². The highest BCUT2D eigenvalue weighted by molar-refractivity contribution is 5.02. The molecule has 0 aromatic heterocycles. The number of hydrogen-bond acceptors (Lipinski definition) is 3. The van der Waals surface area contributed by atoms with Crippen molar-refractivity contribution in [1.29, 1.82) is 0 Å². The fraction of sp³-hybridized carbons (Fsp3) is 0.867. The van der Waals surface area contributed by atoms with Gasteiger partial charge in [-0.25, -0.2) is 0 Å². The van der Waals surface area contributed by atoms with Gasteiger partial charge in [0.25, 0.3) is 0 Å². The predicted octanol–water partition coefficient (Wildman–Crippen LogP) is 2.25. The maximum absolute atomic E-state index is 10.2. The molecule has 0 unspecified atom stereocenters. The van der Waals surface area contributed by atoms with Crippen LogP contribution in [0.25, 0.3) is 0 Å². The molecule has 3 N–H and O–H groups in total. The van der Waals surface area contributed by atoms with Crippen LogP contribution in [0.4, 0.5) is 0 Å². The summed E-state index contributed by atoms with van der Waals surface area (Å²) in [6.07, 6.45) is 5.30. The van der Waals surface area contributed by atoms with Crippen molar-refractivity contribution in [2.24, 2.45) is 11.3 Å². The molecule has 0 aromatic carbocycles. The smallest absolute Gasteiger partial charge is 0.0878 e. The summed E-state index contributed by atoms with van der Waals surface area (Å²) >= 11 is 0. The van der Waals surface area contributed by atoms with Crippen LogP contribution in [-0.2, 0) is 0 Å². The minimum atomic E-state index is -1.11. The Balaban J connectivity index is 2.88. The van der Waals surface area contributed by atoms with E-state index in [0.717, 1.165) is 6.42 Å². The first kappa shape index (κ1) is 15.7. The van der Waals surface area contributed by atoms with Gasteiger partial charge >= 0.3 is 0 Å². The summed E-state index contributed by atoms with van der Waals surface area (Å²) in [7, 11) is 0. The second kappa shape index (κ2) is 5.72. The van der Waals surface area contributed by atoms with Gasteiger partial charge in [0.2, 0.25) is 0 Å². The molecule has 1 aliphatic rings. The van der Waals surface area contributed by atoms with Crippen LogP contribution in [0.3, 0.4) is 0 Å². The van der Waals surface area contributed by atoms with Crippen LogP contribution in [0, 0.1) is 11.3 Å². The second-order valence-electron chi connectivity index (χ2n) is 6.66. The number of aliphatic hydroxyl groups is 3. The van der Waals surface area contributed by atoms with Crippen LogP contribution in [0.5, 0.6) is 0 Å². The van der Waals surface area contributed by atoms with Crippen LogP contribution in [0.15, 0.2) is 12.2 Å². The second-order valence-corrected chi connectivity index (χ2v) is 6.66. The molecule has 0 aromatic rings. The Hall–Kier alpha value is -0.380. The molecule has 0 radical (unpaired) electrons. The van der Waals surface area contributed by atoms with Crippen LogP contribution in [0.1, 0.15) is 53.4 Å². The zero-order valence-electron chi connectivity index (χ0n) is 12.1. The molecule has 0 heterocycles. The molecule has 18 heavy (non-hydrogen) atoms. The number of allylic oxidation sites excluding steroid dienone is 1. The van der Waals surface area contributed by atoms with Crippen molar-refractivity contribution in [2.45, 2.75) is 71.2 Å². The highest BCUT2D eigenvalue weighted by Crippen LogP contribution is 2.31. The normalized spacial score (nSPS) is 42.3. The van der Waals surface area contributed by atoms with Gasteiger partial charge in [-0.3, -0.25) is 0 Å². The van der Waals surface area contributed by atoms with E-state index in [1.807, 2.05) is 13.8 Å². The third-order valence-corrected chi connectivity index (χ3v) is 4.25. The fourth-order valence-corrected chi connectivity index (χ4v) is 2.32. The molecular weight excluding hydrogens is 228 g/mol. The van der Waals surface area contributed by atoms with E-state index < -0.39 is 17.8 Å². The molecule has 4 atom stereocenters. The van der Waals surface area contributed by atoms with Crippen LogP contribution in [0.2, 0.25) is 0 Å². The molecule has 0 saturated carbocycles. The van der Waals surface area contributed by atoms with Gasteiger partial charge in [0.1, 0.15) is 0 Å². The summed E-state index contributed by atoms with van der Waals surface area (Å²) in [5, 5.41) is 30.5. The highest BCUT2D eigenvalue weighted by Gasteiger charge is 2.34. The highest BCUT2D eigenvalue weighted by atomic mass is 16.3. The molecule has 3 heteroatoms. The quantitative estimate of drug-likeness (QED) is 0.583. The Morgan fingerprint density at radius 1 is 1.00 bits per heavy atom. The molecule has 0 spiro atoms. The van der Waals surface area contributed by atoms with E-state index in [9.17, 15) is 15.3 Å². The van der Waals surface area contributed by atoms with E-state index >= 15 is 0 Å². The summed E-state index contributed by atoms with van der Waals surface area (Å²) < 4.78 is 0. The topological polar surface area (TPSA) is 60.7 Å². The summed E-state index contributed by atoms with van der Waals surface area (Å²) in [5.74, 6) is 0.347. The predicted molar refractivity (Wildman–Crippen MR) is 73.2 cm³/mol. The maximum atomic E-state index is 10.2. The number of aliphatic hydroxyl groups excluding tert-OH is 2. The average Bonchev–Trinajstić information content (AvgIpc) is 2.30. The minimum absolute atomic E-state index is 0.292. The molecule has 0 bridgehead atoms. The SMILES string of the molecule is C[C@@H]1C=CC(C)(C)[C@@H](O)CC[C@](C)(O)[C@@H](O)CC1. The van der Waals surface area contributed by atoms with Crippen molar-refractivity contribution in [1.82, 2.24) is 0 Å². The zero-order valence-corrected chi connectivity index (χ0v) is 12.1. The van der Waals surface area contributed by atoms with Gasteiger partial charge in [-0.05, 0) is 38.5 Å². The molecule has 3 nitrogen and oxygen atoms in total. The first-order valence-corrected chi connectivity index (χ1v) is 6.93. The van der Waals surface area contributed by atoms with Gasteiger partial charge in [0.15, 0.2) is 0 Å². The van der Waals surface area contributed by atoms with Crippen molar-refractivity contribution in [3.63, 3.8) is 0 Å². The molecule has 0 fully saturated rings. The van der Waals surface area contributed by atoms with Crippen molar-refractivity contribution < 1.29 is 15.3 Å². The monoisotopic (exact) mass is 256 g/mol. The van der Waals surface area contributed by atoms with Crippen molar-refractivity contribution >= 4 is 0 Å². The van der Waals surface area contributed by atoms with Gasteiger partial charge in [-0.2, -0.15) is 0 Å². The van der Waals surface area contributed by atoms with E-state index in [0.29, 0.717) is 25.2 Å². The summed E-state index contributed by atoms with van der Waals surface area (Å²) in [6, 6.07) is 0. The summed E-state index contributed by atoms with van der Waals surface area (Å²) in [4.78, 5) is 0. The number of rotatable bonds is 0. The third kappa shape index (κ3) is 4.08. The number of hydrogen-bond donors (Lipinski definition) is 3. The fourth-order valence-electron chi connectivity index (χ4n) is 2.32. The molecule has 0 saturated heterocycles. The lowest BCUT2D eigenvalue weighted by Gasteiger charge is -2.32. The standard InChI is InChI=1S/C15H28O3/c1-11-5-6-13(17)15(4,18)10-8-12(16)14(2,3)9-7-11/h7,9,11-13,16-18H,5-6,8,10H2,1-4H3/t11-,12-,13-,15-/m0/s1. The molecule has 0 aliphatic heterocycles. The molecular formula is C15H28O3. The van der Waals surface area contributed by atoms with Crippen LogP contribution in [-0.4, -0.2) is 33.1 Å². The summed E-state index contributed by atoms with van der Waals surface area (Å²) in [6.45, 7) is 7.76. The van der Waals surface area contributed by atoms with Crippen molar-refractivity contribution in [2.75, 3.05) is 0 Å². The minimum Gasteiger partial charge on any atom is -0.392 e. The first-order chi connectivity index (χ1) is 8.15. The Morgan fingerprint density at radius 3 is 2.22 bits per heavy atom. The van der Waals surface area contributed by atoms with E-state index in [-0.39, 0.29) is 5.41 Å². The zero-order chi connectivity index (χ0) is 14.0. The maximum Gasteiger partial charge on any atom is 0.0878 e. The van der Waals surface area contributed by atoms with Crippen LogP contribution < -0.4 is 0 Å². The largest absolute Gasteiger partial charge is 0.392 e. The lowest BCUT2D eigenvalue weighted by molar-refractivity contribution is -0.0804. The Bertz CT molecular complexity index is 294. The van der Waals surface area contributed by atoms with Gasteiger partial charge < -0.3 is 15.3 Å².